The largest absolute Gasteiger partial charge is 0.519 e. The van der Waals surface area contributed by atoms with E-state index in [1.807, 2.05) is 48.5 Å². The molecule has 0 saturated carbocycles. The lowest BCUT2D eigenvalue weighted by molar-refractivity contribution is 0.152. The average molecular weight is 354 g/mol. The van der Waals surface area contributed by atoms with Crippen molar-refractivity contribution in [1.82, 2.24) is 0 Å². The fourth-order valence-electron chi connectivity index (χ4n) is 2.80. The summed E-state index contributed by atoms with van der Waals surface area (Å²) in [4.78, 5) is 11.9. The molecule has 0 aromatic heterocycles. The van der Waals surface area contributed by atoms with E-state index in [4.69, 9.17) is 9.47 Å². The van der Waals surface area contributed by atoms with Crippen molar-refractivity contribution in [2.45, 2.75) is 65.2 Å². The minimum absolute atomic E-state index is 0.503. The summed E-state index contributed by atoms with van der Waals surface area (Å²) in [6.07, 6.45) is 8.73. The van der Waals surface area contributed by atoms with Gasteiger partial charge >= 0.3 is 6.16 Å². The van der Waals surface area contributed by atoms with Crippen LogP contribution in [0.2, 0.25) is 0 Å². The summed E-state index contributed by atoms with van der Waals surface area (Å²) in [5.41, 5.74) is 2.52. The Morgan fingerprint density at radius 1 is 0.654 bits per heavy atom. The number of unbranched alkanes of at least 4 members (excludes halogenated alkanes) is 4. The normalized spacial score (nSPS) is 10.5. The number of hydrogen-bond acceptors (Lipinski definition) is 3. The van der Waals surface area contributed by atoms with Gasteiger partial charge in [-0.15, -0.1) is 0 Å². The molecule has 26 heavy (non-hydrogen) atoms. The molecule has 0 unspecified atom stereocenters. The third-order valence-electron chi connectivity index (χ3n) is 4.39. The van der Waals surface area contributed by atoms with Gasteiger partial charge in [-0.05, 0) is 61.1 Å². The summed E-state index contributed by atoms with van der Waals surface area (Å²) in [5.74, 6) is 1.01. The van der Waals surface area contributed by atoms with Gasteiger partial charge in [-0.1, -0.05) is 63.8 Å². The molecule has 0 bridgehead atoms. The quantitative estimate of drug-likeness (QED) is 0.269. The molecule has 2 aromatic rings. The highest BCUT2D eigenvalue weighted by molar-refractivity contribution is 5.67. The van der Waals surface area contributed by atoms with Crippen LogP contribution in [0, 0.1) is 0 Å². The summed E-state index contributed by atoms with van der Waals surface area (Å²) in [6.45, 7) is 4.39. The Kier molecular flexibility index (Phi) is 8.74. The predicted octanol–water partition coefficient (Wildman–Crippen LogP) is 6.73. The van der Waals surface area contributed by atoms with Crippen molar-refractivity contribution in [1.29, 1.82) is 0 Å². The molecule has 0 fully saturated rings. The van der Waals surface area contributed by atoms with Crippen LogP contribution in [-0.4, -0.2) is 6.16 Å². The van der Waals surface area contributed by atoms with Crippen molar-refractivity contribution in [3.63, 3.8) is 0 Å². The fraction of sp³-hybridized carbons (Fsp3) is 0.435. The first kappa shape index (κ1) is 20.0. The topological polar surface area (TPSA) is 35.5 Å². The third-order valence-corrected chi connectivity index (χ3v) is 4.39. The molecule has 0 aliphatic rings. The minimum atomic E-state index is -0.706. The van der Waals surface area contributed by atoms with E-state index in [-0.39, 0.29) is 0 Å². The molecular weight excluding hydrogens is 324 g/mol. The van der Waals surface area contributed by atoms with Crippen molar-refractivity contribution < 1.29 is 14.3 Å². The minimum Gasteiger partial charge on any atom is -0.395 e. The molecule has 3 nitrogen and oxygen atoms in total. The monoisotopic (exact) mass is 354 g/mol. The molecule has 0 aliphatic carbocycles. The van der Waals surface area contributed by atoms with E-state index in [2.05, 4.69) is 13.8 Å². The molecule has 140 valence electrons. The fourth-order valence-corrected chi connectivity index (χ4v) is 2.80. The van der Waals surface area contributed by atoms with E-state index < -0.39 is 6.16 Å². The maximum atomic E-state index is 11.9. The SMILES string of the molecule is CCCCCCc1ccc(OC(=O)Oc2ccc(CCCC)cc2)cc1. The van der Waals surface area contributed by atoms with Crippen molar-refractivity contribution in [2.75, 3.05) is 0 Å². The van der Waals surface area contributed by atoms with Gasteiger partial charge in [0, 0.05) is 0 Å². The van der Waals surface area contributed by atoms with E-state index in [0.29, 0.717) is 11.5 Å². The molecule has 0 saturated heterocycles. The Balaban J connectivity index is 1.78. The highest BCUT2D eigenvalue weighted by Crippen LogP contribution is 2.18. The number of carbonyl (C=O) groups excluding carboxylic acids is 1. The van der Waals surface area contributed by atoms with Gasteiger partial charge in [-0.2, -0.15) is 0 Å². The van der Waals surface area contributed by atoms with Gasteiger partial charge < -0.3 is 9.47 Å². The lowest BCUT2D eigenvalue weighted by Crippen LogP contribution is -2.13. The van der Waals surface area contributed by atoms with E-state index in [1.54, 1.807) is 0 Å². The highest BCUT2D eigenvalue weighted by atomic mass is 16.7. The van der Waals surface area contributed by atoms with Gasteiger partial charge in [-0.25, -0.2) is 4.79 Å². The van der Waals surface area contributed by atoms with Crippen LogP contribution in [0.1, 0.15) is 63.5 Å². The number of ether oxygens (including phenoxy) is 2. The van der Waals surface area contributed by atoms with Crippen LogP contribution < -0.4 is 9.47 Å². The molecule has 0 aliphatic heterocycles. The Bertz CT molecular complexity index is 644. The van der Waals surface area contributed by atoms with Gasteiger partial charge in [0.1, 0.15) is 11.5 Å². The third kappa shape index (κ3) is 7.30. The Hall–Kier alpha value is -2.29. The number of hydrogen-bond donors (Lipinski definition) is 0. The molecule has 0 N–H and O–H groups in total. The second-order valence-electron chi connectivity index (χ2n) is 6.66. The number of rotatable bonds is 10. The second-order valence-corrected chi connectivity index (χ2v) is 6.66. The van der Waals surface area contributed by atoms with Crippen LogP contribution in [0.4, 0.5) is 4.79 Å². The second kappa shape index (κ2) is 11.3. The van der Waals surface area contributed by atoms with Crippen LogP contribution in [0.25, 0.3) is 0 Å². The Morgan fingerprint density at radius 2 is 1.12 bits per heavy atom. The van der Waals surface area contributed by atoms with Crippen LogP contribution >= 0.6 is 0 Å². The van der Waals surface area contributed by atoms with Crippen molar-refractivity contribution in [3.8, 4) is 11.5 Å². The van der Waals surface area contributed by atoms with Crippen LogP contribution in [-0.2, 0) is 12.8 Å². The Morgan fingerprint density at radius 3 is 1.58 bits per heavy atom. The van der Waals surface area contributed by atoms with Gasteiger partial charge in [0.05, 0.1) is 0 Å². The summed E-state index contributed by atoms with van der Waals surface area (Å²) >= 11 is 0. The standard InChI is InChI=1S/C23H30O3/c1-3-5-7-8-10-20-13-17-22(18-14-20)26-23(24)25-21-15-11-19(12-16-21)9-6-4-2/h11-18H,3-10H2,1-2H3. The molecule has 0 atom stereocenters. The maximum Gasteiger partial charge on any atom is 0.519 e. The zero-order valence-corrected chi connectivity index (χ0v) is 16.0. The first-order chi connectivity index (χ1) is 12.7. The first-order valence-electron chi connectivity index (χ1n) is 9.78. The van der Waals surface area contributed by atoms with Crippen molar-refractivity contribution in [3.05, 3.63) is 59.7 Å². The molecule has 0 amide bonds. The average Bonchev–Trinajstić information content (AvgIpc) is 2.66. The molecule has 0 spiro atoms. The van der Waals surface area contributed by atoms with Crippen LogP contribution in [0.15, 0.2) is 48.5 Å². The zero-order valence-electron chi connectivity index (χ0n) is 16.0. The van der Waals surface area contributed by atoms with Crippen molar-refractivity contribution in [2.24, 2.45) is 0 Å². The molecule has 2 rings (SSSR count). The van der Waals surface area contributed by atoms with E-state index in [0.717, 1.165) is 19.3 Å². The zero-order chi connectivity index (χ0) is 18.6. The number of benzene rings is 2. The van der Waals surface area contributed by atoms with Gasteiger partial charge in [0.15, 0.2) is 0 Å². The first-order valence-corrected chi connectivity index (χ1v) is 9.78. The lowest BCUT2D eigenvalue weighted by atomic mass is 10.1. The van der Waals surface area contributed by atoms with E-state index in [9.17, 15) is 4.79 Å². The molecule has 0 heterocycles. The van der Waals surface area contributed by atoms with Crippen LogP contribution in [0.5, 0.6) is 11.5 Å². The molecule has 2 aromatic carbocycles. The maximum absolute atomic E-state index is 11.9. The summed E-state index contributed by atoms with van der Waals surface area (Å²) in [5, 5.41) is 0. The lowest BCUT2D eigenvalue weighted by Gasteiger charge is -2.07. The summed E-state index contributed by atoms with van der Waals surface area (Å²) < 4.78 is 10.5. The number of aryl methyl sites for hydroxylation is 2. The van der Waals surface area contributed by atoms with Crippen LogP contribution in [0.3, 0.4) is 0 Å². The van der Waals surface area contributed by atoms with Gasteiger partial charge in [0.2, 0.25) is 0 Å². The van der Waals surface area contributed by atoms with Crippen molar-refractivity contribution >= 4 is 6.16 Å². The number of carbonyl (C=O) groups is 1. The molecule has 0 radical (unpaired) electrons. The van der Waals surface area contributed by atoms with Gasteiger partial charge in [-0.3, -0.25) is 0 Å². The molecular formula is C23H30O3. The van der Waals surface area contributed by atoms with Gasteiger partial charge in [0.25, 0.3) is 0 Å². The smallest absolute Gasteiger partial charge is 0.395 e. The van der Waals surface area contributed by atoms with E-state index in [1.165, 1.54) is 43.2 Å². The van der Waals surface area contributed by atoms with E-state index >= 15 is 0 Å². The molecule has 3 heteroatoms. The highest BCUT2D eigenvalue weighted by Gasteiger charge is 2.08. The predicted molar refractivity (Wildman–Crippen MR) is 106 cm³/mol. The Labute approximate surface area is 157 Å². The summed E-state index contributed by atoms with van der Waals surface area (Å²) in [7, 11) is 0. The summed E-state index contributed by atoms with van der Waals surface area (Å²) in [6, 6.07) is 15.3.